The van der Waals surface area contributed by atoms with Crippen LogP contribution in [0.2, 0.25) is 0 Å². The van der Waals surface area contributed by atoms with Crippen molar-refractivity contribution in [2.45, 2.75) is 77.6 Å². The van der Waals surface area contributed by atoms with Crippen LogP contribution in [0.1, 0.15) is 103 Å². The van der Waals surface area contributed by atoms with Gasteiger partial charge in [-0.15, -0.1) is 0 Å². The van der Waals surface area contributed by atoms with E-state index in [1.807, 2.05) is 6.07 Å². The second-order valence-electron chi connectivity index (χ2n) is 8.95. The van der Waals surface area contributed by atoms with Crippen LogP contribution in [0.25, 0.3) is 0 Å². The SMILES string of the molecule is CCCCCc1cc2c(cc1C(=O)Oc1ccc(C(=O)O)nc1)C(C)(C)CCC2C. The molecule has 1 aliphatic carbocycles. The summed E-state index contributed by atoms with van der Waals surface area (Å²) in [5.41, 5.74) is 4.15. The number of aryl methyl sites for hydroxylation is 1. The molecule has 1 unspecified atom stereocenters. The lowest BCUT2D eigenvalue weighted by Gasteiger charge is -2.36. The number of hydrogen-bond acceptors (Lipinski definition) is 4. The minimum atomic E-state index is -1.11. The molecular formula is C25H31NO4. The van der Waals surface area contributed by atoms with E-state index in [9.17, 15) is 9.59 Å². The smallest absolute Gasteiger partial charge is 0.354 e. The Morgan fingerprint density at radius 3 is 2.63 bits per heavy atom. The molecule has 0 aliphatic heterocycles. The number of carboxylic acids is 1. The topological polar surface area (TPSA) is 76.5 Å². The van der Waals surface area contributed by atoms with Crippen molar-refractivity contribution < 1.29 is 19.4 Å². The van der Waals surface area contributed by atoms with E-state index in [4.69, 9.17) is 9.84 Å². The Morgan fingerprint density at radius 2 is 2.00 bits per heavy atom. The standard InChI is InChI=1S/C25H31NO4/c1-5-6-7-8-17-13-19-16(2)11-12-25(3,4)21(19)14-20(17)24(29)30-18-9-10-22(23(27)28)26-15-18/h9-10,13-16H,5-8,11-12H2,1-4H3,(H,27,28). The molecule has 1 N–H and O–H groups in total. The molecule has 1 aromatic carbocycles. The molecule has 0 spiro atoms. The van der Waals surface area contributed by atoms with Gasteiger partial charge in [0.1, 0.15) is 11.4 Å². The van der Waals surface area contributed by atoms with Gasteiger partial charge in [0.25, 0.3) is 0 Å². The van der Waals surface area contributed by atoms with E-state index in [-0.39, 0.29) is 16.9 Å². The first kappa shape index (κ1) is 22.0. The molecule has 5 heteroatoms. The van der Waals surface area contributed by atoms with Crippen molar-refractivity contribution in [1.82, 2.24) is 4.98 Å². The van der Waals surface area contributed by atoms with E-state index >= 15 is 0 Å². The molecule has 0 saturated carbocycles. The maximum absolute atomic E-state index is 13.1. The highest BCUT2D eigenvalue weighted by atomic mass is 16.5. The number of unbranched alkanes of at least 4 members (excludes halogenated alkanes) is 2. The van der Waals surface area contributed by atoms with Crippen LogP contribution in [0.4, 0.5) is 0 Å². The zero-order chi connectivity index (χ0) is 21.9. The maximum atomic E-state index is 13.1. The number of nitrogens with zero attached hydrogens (tertiary/aromatic N) is 1. The number of carbonyl (C=O) groups excluding carboxylic acids is 1. The van der Waals surface area contributed by atoms with E-state index in [1.54, 1.807) is 0 Å². The number of carboxylic acid groups (broad SMARTS) is 1. The second kappa shape index (κ2) is 8.99. The Balaban J connectivity index is 1.95. The molecule has 1 heterocycles. The number of aromatic nitrogens is 1. The third kappa shape index (κ3) is 4.72. The molecule has 2 aromatic rings. The number of rotatable bonds is 7. The van der Waals surface area contributed by atoms with E-state index in [1.165, 1.54) is 29.5 Å². The molecule has 160 valence electrons. The summed E-state index contributed by atoms with van der Waals surface area (Å²) >= 11 is 0. The molecule has 30 heavy (non-hydrogen) atoms. The maximum Gasteiger partial charge on any atom is 0.354 e. The lowest BCUT2D eigenvalue weighted by Crippen LogP contribution is -2.27. The van der Waals surface area contributed by atoms with Gasteiger partial charge in [0.2, 0.25) is 0 Å². The number of pyridine rings is 1. The van der Waals surface area contributed by atoms with Crippen LogP contribution in [0, 0.1) is 0 Å². The molecule has 0 bridgehead atoms. The van der Waals surface area contributed by atoms with Crippen LogP contribution in [-0.4, -0.2) is 22.0 Å². The summed E-state index contributed by atoms with van der Waals surface area (Å²) in [6.45, 7) is 8.90. The monoisotopic (exact) mass is 409 g/mol. The normalized spacial score (nSPS) is 17.3. The van der Waals surface area contributed by atoms with Gasteiger partial charge >= 0.3 is 11.9 Å². The molecule has 3 rings (SSSR count). The van der Waals surface area contributed by atoms with Gasteiger partial charge in [-0.3, -0.25) is 0 Å². The lowest BCUT2D eigenvalue weighted by atomic mass is 9.68. The summed E-state index contributed by atoms with van der Waals surface area (Å²) < 4.78 is 5.57. The van der Waals surface area contributed by atoms with Gasteiger partial charge < -0.3 is 9.84 Å². The predicted octanol–water partition coefficient (Wildman–Crippen LogP) is 5.91. The summed E-state index contributed by atoms with van der Waals surface area (Å²) in [4.78, 5) is 27.9. The molecule has 1 aromatic heterocycles. The number of fused-ring (bicyclic) bond motifs is 1. The number of aromatic carboxylic acids is 1. The van der Waals surface area contributed by atoms with Crippen molar-refractivity contribution in [3.63, 3.8) is 0 Å². The van der Waals surface area contributed by atoms with Gasteiger partial charge in [-0.25, -0.2) is 14.6 Å². The van der Waals surface area contributed by atoms with E-state index < -0.39 is 11.9 Å². The van der Waals surface area contributed by atoms with Crippen LogP contribution < -0.4 is 4.74 Å². The Labute approximate surface area is 178 Å². The molecule has 0 amide bonds. The zero-order valence-corrected chi connectivity index (χ0v) is 18.3. The fourth-order valence-corrected chi connectivity index (χ4v) is 4.22. The van der Waals surface area contributed by atoms with Gasteiger partial charge in [0, 0.05) is 0 Å². The van der Waals surface area contributed by atoms with E-state index in [0.29, 0.717) is 11.5 Å². The Bertz CT molecular complexity index is 931. The van der Waals surface area contributed by atoms with Crippen LogP contribution in [0.3, 0.4) is 0 Å². The molecule has 0 radical (unpaired) electrons. The minimum Gasteiger partial charge on any atom is -0.477 e. The molecule has 1 aliphatic rings. The predicted molar refractivity (Wildman–Crippen MR) is 117 cm³/mol. The van der Waals surface area contributed by atoms with Crippen LogP contribution in [-0.2, 0) is 11.8 Å². The van der Waals surface area contributed by atoms with Gasteiger partial charge in [-0.05, 0) is 71.9 Å². The minimum absolute atomic E-state index is 0.0174. The Morgan fingerprint density at radius 1 is 1.23 bits per heavy atom. The van der Waals surface area contributed by atoms with Crippen molar-refractivity contribution in [2.75, 3.05) is 0 Å². The highest BCUT2D eigenvalue weighted by molar-refractivity contribution is 5.93. The highest BCUT2D eigenvalue weighted by Gasteiger charge is 2.33. The summed E-state index contributed by atoms with van der Waals surface area (Å²) in [5, 5.41) is 8.99. The van der Waals surface area contributed by atoms with Crippen LogP contribution in [0.5, 0.6) is 5.75 Å². The van der Waals surface area contributed by atoms with Gasteiger partial charge in [-0.1, -0.05) is 46.6 Å². The van der Waals surface area contributed by atoms with E-state index in [2.05, 4.69) is 38.7 Å². The first-order chi connectivity index (χ1) is 14.2. The summed E-state index contributed by atoms with van der Waals surface area (Å²) in [5.74, 6) is -0.800. The second-order valence-corrected chi connectivity index (χ2v) is 8.95. The molecule has 0 fully saturated rings. The lowest BCUT2D eigenvalue weighted by molar-refractivity contribution is 0.0690. The molecule has 5 nitrogen and oxygen atoms in total. The number of benzene rings is 1. The number of ether oxygens (including phenoxy) is 1. The first-order valence-corrected chi connectivity index (χ1v) is 10.8. The first-order valence-electron chi connectivity index (χ1n) is 10.8. The average Bonchev–Trinajstić information content (AvgIpc) is 2.71. The third-order valence-electron chi connectivity index (χ3n) is 6.17. The Kier molecular flexibility index (Phi) is 6.59. The largest absolute Gasteiger partial charge is 0.477 e. The third-order valence-corrected chi connectivity index (χ3v) is 6.17. The van der Waals surface area contributed by atoms with Crippen molar-refractivity contribution in [3.05, 3.63) is 58.4 Å². The summed E-state index contributed by atoms with van der Waals surface area (Å²) in [6.07, 6.45) is 7.63. The van der Waals surface area contributed by atoms with Crippen molar-refractivity contribution >= 4 is 11.9 Å². The fourth-order valence-electron chi connectivity index (χ4n) is 4.22. The fraction of sp³-hybridized carbons (Fsp3) is 0.480. The van der Waals surface area contributed by atoms with Gasteiger partial charge in [0.05, 0.1) is 11.8 Å². The van der Waals surface area contributed by atoms with Gasteiger partial charge in [0.15, 0.2) is 0 Å². The van der Waals surface area contributed by atoms with Crippen molar-refractivity contribution in [2.24, 2.45) is 0 Å². The molecule has 0 saturated heterocycles. The zero-order valence-electron chi connectivity index (χ0n) is 18.3. The van der Waals surface area contributed by atoms with Crippen molar-refractivity contribution in [1.29, 1.82) is 0 Å². The summed E-state index contributed by atoms with van der Waals surface area (Å²) in [6, 6.07) is 7.06. The summed E-state index contributed by atoms with van der Waals surface area (Å²) in [7, 11) is 0. The quantitative estimate of drug-likeness (QED) is 0.455. The van der Waals surface area contributed by atoms with E-state index in [0.717, 1.165) is 44.1 Å². The van der Waals surface area contributed by atoms with Crippen LogP contribution >= 0.6 is 0 Å². The van der Waals surface area contributed by atoms with Gasteiger partial charge in [-0.2, -0.15) is 0 Å². The Hall–Kier alpha value is -2.69. The highest BCUT2D eigenvalue weighted by Crippen LogP contribution is 2.43. The number of esters is 1. The molecule has 1 atom stereocenters. The van der Waals surface area contributed by atoms with Crippen molar-refractivity contribution in [3.8, 4) is 5.75 Å². The average molecular weight is 410 g/mol. The molecular weight excluding hydrogens is 378 g/mol. The van der Waals surface area contributed by atoms with Crippen LogP contribution in [0.15, 0.2) is 30.5 Å². The number of carbonyl (C=O) groups is 2. The number of hydrogen-bond donors (Lipinski definition) is 1.